The zero-order chi connectivity index (χ0) is 12.0. The molecule has 1 unspecified atom stereocenters. The fraction of sp³-hybridized carbons (Fsp3) is 0.692. The molecule has 0 aromatic carbocycles. The van der Waals surface area contributed by atoms with E-state index in [1.807, 2.05) is 6.07 Å². The highest BCUT2D eigenvalue weighted by atomic mass is 35.5. The molecule has 0 aliphatic rings. The first kappa shape index (κ1) is 14.0. The summed E-state index contributed by atoms with van der Waals surface area (Å²) in [6.45, 7) is 7.70. The van der Waals surface area contributed by atoms with E-state index in [4.69, 9.17) is 11.6 Å². The second kappa shape index (κ2) is 7.31. The lowest BCUT2D eigenvalue weighted by molar-refractivity contribution is 0.379. The van der Waals surface area contributed by atoms with Gasteiger partial charge in [-0.1, -0.05) is 45.2 Å². The molecular weight excluding hydrogens is 238 g/mol. The molecule has 0 bridgehead atoms. The molecule has 92 valence electrons. The fourth-order valence-corrected chi connectivity index (χ4v) is 3.32. The Balaban J connectivity index is 2.71. The molecule has 1 aromatic rings. The largest absolute Gasteiger partial charge is 0.309 e. The quantitative estimate of drug-likeness (QED) is 0.736. The second-order valence-electron chi connectivity index (χ2n) is 4.16. The van der Waals surface area contributed by atoms with Gasteiger partial charge in [-0.2, -0.15) is 0 Å². The third kappa shape index (κ3) is 3.76. The van der Waals surface area contributed by atoms with Crippen LogP contribution in [-0.4, -0.2) is 6.54 Å². The van der Waals surface area contributed by atoms with Crippen molar-refractivity contribution < 1.29 is 0 Å². The molecule has 1 aromatic heterocycles. The van der Waals surface area contributed by atoms with Crippen molar-refractivity contribution in [3.8, 4) is 0 Å². The van der Waals surface area contributed by atoms with Gasteiger partial charge in [0.25, 0.3) is 0 Å². The Morgan fingerprint density at radius 2 is 2.00 bits per heavy atom. The van der Waals surface area contributed by atoms with Crippen molar-refractivity contribution in [3.63, 3.8) is 0 Å². The molecule has 0 aliphatic carbocycles. The summed E-state index contributed by atoms with van der Waals surface area (Å²) in [6.07, 6.45) is 3.70. The highest BCUT2D eigenvalue weighted by Crippen LogP contribution is 2.33. The van der Waals surface area contributed by atoms with Crippen LogP contribution in [0.25, 0.3) is 0 Å². The average Bonchev–Trinajstić information content (AvgIpc) is 2.71. The van der Waals surface area contributed by atoms with E-state index in [0.29, 0.717) is 6.04 Å². The first-order valence-corrected chi connectivity index (χ1v) is 7.44. The minimum Gasteiger partial charge on any atom is -0.309 e. The Kier molecular flexibility index (Phi) is 6.40. The van der Waals surface area contributed by atoms with Crippen LogP contribution in [0.4, 0.5) is 0 Å². The molecule has 1 rings (SSSR count). The zero-order valence-electron chi connectivity index (χ0n) is 10.4. The van der Waals surface area contributed by atoms with Gasteiger partial charge in [0.2, 0.25) is 0 Å². The molecule has 1 nitrogen and oxygen atoms in total. The van der Waals surface area contributed by atoms with Crippen molar-refractivity contribution >= 4 is 22.9 Å². The lowest BCUT2D eigenvalue weighted by Gasteiger charge is -2.22. The monoisotopic (exact) mass is 259 g/mol. The van der Waals surface area contributed by atoms with Gasteiger partial charge in [0.1, 0.15) is 0 Å². The van der Waals surface area contributed by atoms with Crippen LogP contribution >= 0.6 is 22.9 Å². The summed E-state index contributed by atoms with van der Waals surface area (Å²) in [6, 6.07) is 2.43. The molecular formula is C13H22ClNS. The van der Waals surface area contributed by atoms with E-state index >= 15 is 0 Å². The second-order valence-corrected chi connectivity index (χ2v) is 5.52. The number of rotatable bonds is 7. The SMILES string of the molecule is CCNC(CC(CC)CC)c1sccc1Cl. The van der Waals surface area contributed by atoms with E-state index < -0.39 is 0 Å². The van der Waals surface area contributed by atoms with Crippen LogP contribution in [0.3, 0.4) is 0 Å². The Bertz CT molecular complexity index is 294. The molecule has 0 spiro atoms. The van der Waals surface area contributed by atoms with Crippen LogP contribution in [0.5, 0.6) is 0 Å². The standard InChI is InChI=1S/C13H22ClNS/c1-4-10(5-2)9-12(15-6-3)13-11(14)7-8-16-13/h7-8,10,12,15H,4-6,9H2,1-3H3. The minimum atomic E-state index is 0.433. The Morgan fingerprint density at radius 1 is 1.31 bits per heavy atom. The number of nitrogens with one attached hydrogen (secondary N) is 1. The van der Waals surface area contributed by atoms with E-state index in [1.54, 1.807) is 11.3 Å². The molecule has 1 atom stereocenters. The number of hydrogen-bond acceptors (Lipinski definition) is 2. The van der Waals surface area contributed by atoms with Crippen molar-refractivity contribution in [1.82, 2.24) is 5.32 Å². The van der Waals surface area contributed by atoms with Crippen LogP contribution in [0, 0.1) is 5.92 Å². The number of hydrogen-bond donors (Lipinski definition) is 1. The fourth-order valence-electron chi connectivity index (χ4n) is 2.04. The topological polar surface area (TPSA) is 12.0 Å². The molecule has 1 N–H and O–H groups in total. The predicted molar refractivity (Wildman–Crippen MR) is 74.4 cm³/mol. The van der Waals surface area contributed by atoms with Gasteiger partial charge in [0.15, 0.2) is 0 Å². The number of thiophene rings is 1. The lowest BCUT2D eigenvalue weighted by Crippen LogP contribution is -2.22. The molecule has 0 saturated heterocycles. The smallest absolute Gasteiger partial charge is 0.0561 e. The van der Waals surface area contributed by atoms with Gasteiger partial charge in [-0.05, 0) is 30.3 Å². The molecule has 0 radical (unpaired) electrons. The lowest BCUT2D eigenvalue weighted by atomic mass is 9.94. The first-order valence-electron chi connectivity index (χ1n) is 6.19. The van der Waals surface area contributed by atoms with Crippen molar-refractivity contribution in [2.45, 2.75) is 46.1 Å². The van der Waals surface area contributed by atoms with Crippen molar-refractivity contribution in [3.05, 3.63) is 21.3 Å². The van der Waals surface area contributed by atoms with Gasteiger partial charge in [0, 0.05) is 10.9 Å². The van der Waals surface area contributed by atoms with Gasteiger partial charge in [-0.3, -0.25) is 0 Å². The third-order valence-electron chi connectivity index (χ3n) is 3.14. The van der Waals surface area contributed by atoms with Gasteiger partial charge < -0.3 is 5.32 Å². The average molecular weight is 260 g/mol. The van der Waals surface area contributed by atoms with Gasteiger partial charge in [-0.25, -0.2) is 0 Å². The molecule has 0 saturated carbocycles. The summed E-state index contributed by atoms with van der Waals surface area (Å²) < 4.78 is 0. The Morgan fingerprint density at radius 3 is 2.44 bits per heavy atom. The maximum Gasteiger partial charge on any atom is 0.0561 e. The highest BCUT2D eigenvalue weighted by Gasteiger charge is 2.18. The van der Waals surface area contributed by atoms with Crippen LogP contribution in [-0.2, 0) is 0 Å². The molecule has 0 amide bonds. The molecule has 16 heavy (non-hydrogen) atoms. The molecule has 0 fully saturated rings. The minimum absolute atomic E-state index is 0.433. The number of halogens is 1. The maximum atomic E-state index is 6.21. The van der Waals surface area contributed by atoms with Crippen molar-refractivity contribution in [2.24, 2.45) is 5.92 Å². The maximum absolute atomic E-state index is 6.21. The van der Waals surface area contributed by atoms with Crippen LogP contribution in [0.15, 0.2) is 11.4 Å². The first-order chi connectivity index (χ1) is 7.72. The Hall–Kier alpha value is -0.0500. The zero-order valence-corrected chi connectivity index (χ0v) is 12.0. The summed E-state index contributed by atoms with van der Waals surface area (Å²) in [5, 5.41) is 6.55. The summed E-state index contributed by atoms with van der Waals surface area (Å²) in [4.78, 5) is 1.30. The van der Waals surface area contributed by atoms with Crippen LogP contribution < -0.4 is 5.32 Å². The van der Waals surface area contributed by atoms with Crippen molar-refractivity contribution in [2.75, 3.05) is 6.54 Å². The summed E-state index contributed by atoms with van der Waals surface area (Å²) in [5.74, 6) is 0.794. The summed E-state index contributed by atoms with van der Waals surface area (Å²) >= 11 is 7.98. The van der Waals surface area contributed by atoms with E-state index in [1.165, 1.54) is 24.1 Å². The van der Waals surface area contributed by atoms with E-state index in [2.05, 4.69) is 31.5 Å². The van der Waals surface area contributed by atoms with Crippen molar-refractivity contribution in [1.29, 1.82) is 0 Å². The third-order valence-corrected chi connectivity index (χ3v) is 4.61. The van der Waals surface area contributed by atoms with Gasteiger partial charge in [-0.15, -0.1) is 11.3 Å². The van der Waals surface area contributed by atoms with E-state index in [-0.39, 0.29) is 0 Å². The summed E-state index contributed by atoms with van der Waals surface area (Å²) in [7, 11) is 0. The molecule has 1 heterocycles. The summed E-state index contributed by atoms with van der Waals surface area (Å²) in [5.41, 5.74) is 0. The predicted octanol–water partition coefficient (Wildman–Crippen LogP) is 4.88. The van der Waals surface area contributed by atoms with Crippen LogP contribution in [0.2, 0.25) is 5.02 Å². The van der Waals surface area contributed by atoms with E-state index in [0.717, 1.165) is 17.5 Å². The molecule has 3 heteroatoms. The molecule has 0 aliphatic heterocycles. The van der Waals surface area contributed by atoms with Crippen LogP contribution in [0.1, 0.15) is 51.0 Å². The van der Waals surface area contributed by atoms with E-state index in [9.17, 15) is 0 Å². The van der Waals surface area contributed by atoms with Gasteiger partial charge >= 0.3 is 0 Å². The van der Waals surface area contributed by atoms with Gasteiger partial charge in [0.05, 0.1) is 5.02 Å². The normalized spacial score (nSPS) is 13.3. The highest BCUT2D eigenvalue weighted by molar-refractivity contribution is 7.10. The Labute approximate surface area is 108 Å².